The van der Waals surface area contributed by atoms with Gasteiger partial charge in [0.15, 0.2) is 5.96 Å². The number of hydrogen-bond donors (Lipinski definition) is 1. The van der Waals surface area contributed by atoms with Gasteiger partial charge in [-0.2, -0.15) is 0 Å². The Balaban J connectivity index is 0.00000256. The van der Waals surface area contributed by atoms with Gasteiger partial charge < -0.3 is 10.6 Å². The van der Waals surface area contributed by atoms with Gasteiger partial charge in [-0.1, -0.05) is 0 Å². The average Bonchev–Trinajstić information content (AvgIpc) is 2.99. The quantitative estimate of drug-likeness (QED) is 0.413. The molecule has 1 aliphatic carbocycles. The fourth-order valence-corrected chi connectivity index (χ4v) is 1.91. The van der Waals surface area contributed by atoms with Gasteiger partial charge in [0.25, 0.3) is 0 Å². The van der Waals surface area contributed by atoms with Crippen LogP contribution in [-0.4, -0.2) is 63.1 Å². The van der Waals surface area contributed by atoms with E-state index in [1.165, 1.54) is 18.4 Å². The first-order valence-corrected chi connectivity index (χ1v) is 6.88. The highest BCUT2D eigenvalue weighted by Crippen LogP contribution is 2.24. The topological polar surface area (TPSA) is 79.0 Å². The van der Waals surface area contributed by atoms with Crippen LogP contribution < -0.4 is 5.73 Å². The molecule has 0 aromatic rings. The minimum atomic E-state index is -3.17. The zero-order chi connectivity index (χ0) is 12.3. The summed E-state index contributed by atoms with van der Waals surface area (Å²) in [4.78, 5) is 5.97. The van der Waals surface area contributed by atoms with Gasteiger partial charge in [0.05, 0.1) is 12.3 Å². The lowest BCUT2D eigenvalue weighted by atomic mass is 10.6. The van der Waals surface area contributed by atoms with Crippen LogP contribution >= 0.6 is 24.0 Å². The molecule has 2 N–H and O–H groups in total. The maximum atomic E-state index is 11.4. The van der Waals surface area contributed by atoms with Crippen LogP contribution in [-0.2, 0) is 10.0 Å². The molecule has 0 heterocycles. The number of hydrogen-bond acceptors (Lipinski definition) is 3. The summed E-state index contributed by atoms with van der Waals surface area (Å²) in [6, 6.07) is 0.495. The molecule has 1 aliphatic rings. The summed E-state index contributed by atoms with van der Waals surface area (Å²) in [7, 11) is 1.74. The smallest absolute Gasteiger partial charge is 0.215 e. The summed E-state index contributed by atoms with van der Waals surface area (Å²) in [5.41, 5.74) is 5.73. The molecule has 0 atom stereocenters. The molecule has 1 fully saturated rings. The van der Waals surface area contributed by atoms with Gasteiger partial charge in [-0.3, -0.25) is 4.99 Å². The third-order valence-electron chi connectivity index (χ3n) is 2.64. The van der Waals surface area contributed by atoms with Gasteiger partial charge in [-0.25, -0.2) is 12.7 Å². The third kappa shape index (κ3) is 5.38. The molecule has 17 heavy (non-hydrogen) atoms. The first kappa shape index (κ1) is 16.9. The molecule has 6 nitrogen and oxygen atoms in total. The molecule has 1 rings (SSSR count). The first-order valence-electron chi connectivity index (χ1n) is 5.27. The van der Waals surface area contributed by atoms with E-state index >= 15 is 0 Å². The Bertz CT molecular complexity index is 365. The number of nitrogens with zero attached hydrogens (tertiary/aromatic N) is 3. The van der Waals surface area contributed by atoms with Crippen LogP contribution in [0.1, 0.15) is 12.8 Å². The molecule has 0 spiro atoms. The fraction of sp³-hybridized carbons (Fsp3) is 0.889. The van der Waals surface area contributed by atoms with Crippen molar-refractivity contribution in [2.75, 3.05) is 33.4 Å². The lowest BCUT2D eigenvalue weighted by Gasteiger charge is -2.17. The zero-order valence-electron chi connectivity index (χ0n) is 10.5. The first-order chi connectivity index (χ1) is 7.34. The Morgan fingerprint density at radius 1 is 1.35 bits per heavy atom. The van der Waals surface area contributed by atoms with Gasteiger partial charge in [-0.05, 0) is 12.8 Å². The van der Waals surface area contributed by atoms with Crippen LogP contribution in [0.25, 0.3) is 0 Å². The lowest BCUT2D eigenvalue weighted by Crippen LogP contribution is -2.36. The van der Waals surface area contributed by atoms with E-state index in [0.717, 1.165) is 12.8 Å². The van der Waals surface area contributed by atoms with Crippen molar-refractivity contribution in [3.63, 3.8) is 0 Å². The molecule has 0 unspecified atom stereocenters. The highest BCUT2D eigenvalue weighted by atomic mass is 127. The van der Waals surface area contributed by atoms with Gasteiger partial charge in [0, 0.05) is 27.2 Å². The second kappa shape index (κ2) is 6.74. The fourth-order valence-electron chi connectivity index (χ4n) is 1.22. The highest BCUT2D eigenvalue weighted by Gasteiger charge is 2.27. The Labute approximate surface area is 120 Å². The van der Waals surface area contributed by atoms with Crippen molar-refractivity contribution in [2.45, 2.75) is 18.9 Å². The minimum Gasteiger partial charge on any atom is -0.370 e. The maximum Gasteiger partial charge on any atom is 0.215 e. The van der Waals surface area contributed by atoms with Crippen LogP contribution in [0, 0.1) is 0 Å². The maximum absolute atomic E-state index is 11.4. The van der Waals surface area contributed by atoms with Crippen molar-refractivity contribution in [1.29, 1.82) is 0 Å². The van der Waals surface area contributed by atoms with E-state index < -0.39 is 10.0 Å². The molecule has 1 saturated carbocycles. The van der Waals surface area contributed by atoms with Gasteiger partial charge in [0.1, 0.15) is 0 Å². The predicted octanol–water partition coefficient (Wildman–Crippen LogP) is -0.0953. The minimum absolute atomic E-state index is 0. The summed E-state index contributed by atoms with van der Waals surface area (Å²) in [5, 5.41) is 0. The molecular formula is C9H21IN4O2S. The average molecular weight is 376 g/mol. The molecule has 0 aromatic carbocycles. The number of nitrogens with two attached hydrogens (primary N) is 1. The van der Waals surface area contributed by atoms with E-state index in [-0.39, 0.29) is 36.3 Å². The van der Waals surface area contributed by atoms with Crippen molar-refractivity contribution >= 4 is 40.0 Å². The van der Waals surface area contributed by atoms with Crippen molar-refractivity contribution < 1.29 is 8.42 Å². The van der Waals surface area contributed by atoms with E-state index in [1.807, 2.05) is 11.9 Å². The number of rotatable bonds is 5. The van der Waals surface area contributed by atoms with E-state index in [1.54, 1.807) is 0 Å². The molecule has 0 aromatic heterocycles. The predicted molar refractivity (Wildman–Crippen MR) is 80.2 cm³/mol. The van der Waals surface area contributed by atoms with Crippen molar-refractivity contribution in [1.82, 2.24) is 9.21 Å². The summed E-state index contributed by atoms with van der Waals surface area (Å²) in [5.74, 6) is 0.426. The Hall–Kier alpha value is -0.0900. The molecule has 102 valence electrons. The van der Waals surface area contributed by atoms with Crippen LogP contribution in [0.4, 0.5) is 0 Å². The summed E-state index contributed by atoms with van der Waals surface area (Å²) in [6.07, 6.45) is 2.28. The summed E-state index contributed by atoms with van der Waals surface area (Å²) in [6.45, 7) is 0.212. The number of halogens is 1. The second-order valence-corrected chi connectivity index (χ2v) is 6.48. The summed E-state index contributed by atoms with van der Waals surface area (Å²) >= 11 is 0. The largest absolute Gasteiger partial charge is 0.370 e. The van der Waals surface area contributed by atoms with Crippen molar-refractivity contribution in [3.8, 4) is 0 Å². The molecular weight excluding hydrogens is 355 g/mol. The van der Waals surface area contributed by atoms with E-state index in [2.05, 4.69) is 4.99 Å². The van der Waals surface area contributed by atoms with Crippen molar-refractivity contribution in [3.05, 3.63) is 0 Å². The molecule has 0 bridgehead atoms. The van der Waals surface area contributed by atoms with Crippen LogP contribution in [0.15, 0.2) is 4.99 Å². The second-order valence-electron chi connectivity index (χ2n) is 4.18. The zero-order valence-corrected chi connectivity index (χ0v) is 13.6. The highest BCUT2D eigenvalue weighted by molar-refractivity contribution is 14.0. The molecule has 8 heteroatoms. The number of aliphatic imine (C=N–C) groups is 1. The number of sulfonamides is 1. The standard InChI is InChI=1S/C9H20N4O2S.HI/c1-12(2)16(14,15)7-6-11-9(10)13(3)8-4-5-8;/h8H,4-7H2,1-3H3,(H2,10,11);1H. The monoisotopic (exact) mass is 376 g/mol. The third-order valence-corrected chi connectivity index (χ3v) is 4.45. The van der Waals surface area contributed by atoms with Gasteiger partial charge in [-0.15, -0.1) is 24.0 Å². The molecule has 0 amide bonds. The van der Waals surface area contributed by atoms with Gasteiger partial charge >= 0.3 is 0 Å². The van der Waals surface area contributed by atoms with E-state index in [4.69, 9.17) is 5.73 Å². The Morgan fingerprint density at radius 2 is 1.88 bits per heavy atom. The normalized spacial score (nSPS) is 16.8. The molecule has 0 aliphatic heterocycles. The van der Waals surface area contributed by atoms with Crippen LogP contribution in [0.2, 0.25) is 0 Å². The van der Waals surface area contributed by atoms with Crippen LogP contribution in [0.3, 0.4) is 0 Å². The molecule has 0 saturated heterocycles. The Kier molecular flexibility index (Phi) is 6.70. The molecule has 0 radical (unpaired) electrons. The van der Waals surface area contributed by atoms with E-state index in [0.29, 0.717) is 12.0 Å². The lowest BCUT2D eigenvalue weighted by molar-refractivity contribution is 0.487. The number of guanidine groups is 1. The van der Waals surface area contributed by atoms with E-state index in [9.17, 15) is 8.42 Å². The van der Waals surface area contributed by atoms with Crippen molar-refractivity contribution in [2.24, 2.45) is 10.7 Å². The van der Waals surface area contributed by atoms with Gasteiger partial charge in [0.2, 0.25) is 10.0 Å². The van der Waals surface area contributed by atoms with Crippen LogP contribution in [0.5, 0.6) is 0 Å². The SMILES string of the molecule is CN(C(N)=NCCS(=O)(=O)N(C)C)C1CC1.I. The Morgan fingerprint density at radius 3 is 2.29 bits per heavy atom. The summed E-state index contributed by atoms with van der Waals surface area (Å²) < 4.78 is 24.1.